The number of rotatable bonds is 3. The van der Waals surface area contributed by atoms with Gasteiger partial charge in [-0.3, -0.25) is 14.9 Å². The third-order valence-corrected chi connectivity index (χ3v) is 4.10. The van der Waals surface area contributed by atoms with E-state index >= 15 is 0 Å². The molecule has 7 heteroatoms. The van der Waals surface area contributed by atoms with Crippen LogP contribution in [0.2, 0.25) is 5.02 Å². The maximum Gasteiger partial charge on any atom is 0.288 e. The molecule has 1 saturated heterocycles. The maximum absolute atomic E-state index is 12.4. The first-order valence-corrected chi connectivity index (χ1v) is 7.17. The van der Waals surface area contributed by atoms with Crippen LogP contribution in [0.1, 0.15) is 26.7 Å². The normalized spacial score (nSPS) is 20.8. The second kappa shape index (κ2) is 5.99. The summed E-state index contributed by atoms with van der Waals surface area (Å²) in [6.07, 6.45) is 2.01. The monoisotopic (exact) mass is 311 g/mol. The summed E-state index contributed by atoms with van der Waals surface area (Å²) >= 11 is 5.84. The molecule has 1 aliphatic rings. The van der Waals surface area contributed by atoms with Gasteiger partial charge in [0.1, 0.15) is 5.02 Å². The Kier molecular flexibility index (Phi) is 4.49. The van der Waals surface area contributed by atoms with Gasteiger partial charge in [0.05, 0.1) is 11.0 Å². The molecule has 1 aromatic carbocycles. The highest BCUT2D eigenvalue weighted by atomic mass is 35.5. The highest BCUT2D eigenvalue weighted by molar-refractivity contribution is 6.33. The third kappa shape index (κ3) is 3.51. The molecule has 1 atom stereocenters. The second-order valence-electron chi connectivity index (χ2n) is 5.89. The predicted octanol–water partition coefficient (Wildman–Crippen LogP) is 2.96. The van der Waals surface area contributed by atoms with Gasteiger partial charge in [0.2, 0.25) is 5.91 Å². The average Bonchev–Trinajstić information content (AvgIpc) is 2.37. The predicted molar refractivity (Wildman–Crippen MR) is 81.5 cm³/mol. The van der Waals surface area contributed by atoms with Gasteiger partial charge in [0.25, 0.3) is 5.69 Å². The smallest absolute Gasteiger partial charge is 0.288 e. The first-order chi connectivity index (χ1) is 9.81. The van der Waals surface area contributed by atoms with E-state index in [9.17, 15) is 14.9 Å². The van der Waals surface area contributed by atoms with Gasteiger partial charge in [-0.25, -0.2) is 0 Å². The summed E-state index contributed by atoms with van der Waals surface area (Å²) < 4.78 is 0. The van der Waals surface area contributed by atoms with Crippen LogP contribution in [0.15, 0.2) is 18.2 Å². The zero-order valence-corrected chi connectivity index (χ0v) is 12.7. The molecule has 1 aromatic rings. The number of hydrogen-bond donors (Lipinski definition) is 2. The molecule has 0 saturated carbocycles. The van der Waals surface area contributed by atoms with E-state index in [0.29, 0.717) is 5.69 Å². The van der Waals surface area contributed by atoms with Gasteiger partial charge in [-0.2, -0.15) is 0 Å². The van der Waals surface area contributed by atoms with Gasteiger partial charge in [-0.05, 0) is 36.9 Å². The van der Waals surface area contributed by atoms with Crippen LogP contribution >= 0.6 is 11.6 Å². The molecule has 1 heterocycles. The fourth-order valence-corrected chi connectivity index (χ4v) is 2.86. The van der Waals surface area contributed by atoms with E-state index in [1.54, 1.807) is 0 Å². The number of amides is 1. The molecule has 0 spiro atoms. The summed E-state index contributed by atoms with van der Waals surface area (Å²) in [6, 6.07) is 3.88. The van der Waals surface area contributed by atoms with E-state index in [-0.39, 0.29) is 28.1 Å². The van der Waals surface area contributed by atoms with Crippen molar-refractivity contribution in [1.82, 2.24) is 5.32 Å². The Morgan fingerprint density at radius 3 is 2.81 bits per heavy atom. The number of piperidine rings is 1. The van der Waals surface area contributed by atoms with Crippen LogP contribution in [0, 0.1) is 15.5 Å². The zero-order chi connectivity index (χ0) is 15.6. The first kappa shape index (κ1) is 15.7. The summed E-state index contributed by atoms with van der Waals surface area (Å²) in [7, 11) is 0. The number of nitrogens with one attached hydrogen (secondary N) is 2. The van der Waals surface area contributed by atoms with Crippen molar-refractivity contribution < 1.29 is 9.72 Å². The number of halogens is 1. The lowest BCUT2D eigenvalue weighted by Crippen LogP contribution is -2.53. The van der Waals surface area contributed by atoms with Crippen LogP contribution in [0.3, 0.4) is 0 Å². The van der Waals surface area contributed by atoms with Crippen LogP contribution in [0.5, 0.6) is 0 Å². The lowest BCUT2D eigenvalue weighted by atomic mass is 9.77. The number of nitro benzene ring substituents is 1. The third-order valence-electron chi connectivity index (χ3n) is 3.80. The van der Waals surface area contributed by atoms with Gasteiger partial charge in [-0.15, -0.1) is 0 Å². The van der Waals surface area contributed by atoms with Gasteiger partial charge >= 0.3 is 0 Å². The lowest BCUT2D eigenvalue weighted by molar-refractivity contribution is -0.384. The van der Waals surface area contributed by atoms with Crippen molar-refractivity contribution in [3.8, 4) is 0 Å². The highest BCUT2D eigenvalue weighted by Crippen LogP contribution is 2.32. The Morgan fingerprint density at radius 2 is 2.24 bits per heavy atom. The molecular weight excluding hydrogens is 294 g/mol. The van der Waals surface area contributed by atoms with Crippen LogP contribution in [0.4, 0.5) is 11.4 Å². The van der Waals surface area contributed by atoms with Gasteiger partial charge in [-0.1, -0.05) is 25.4 Å². The van der Waals surface area contributed by atoms with Crippen molar-refractivity contribution in [1.29, 1.82) is 0 Å². The molecule has 1 unspecified atom stereocenters. The van der Waals surface area contributed by atoms with Crippen molar-refractivity contribution in [2.24, 2.45) is 5.41 Å². The number of nitro groups is 1. The fourth-order valence-electron chi connectivity index (χ4n) is 2.61. The van der Waals surface area contributed by atoms with Crippen molar-refractivity contribution in [3.05, 3.63) is 33.3 Å². The Balaban J connectivity index is 2.12. The first-order valence-electron chi connectivity index (χ1n) is 6.79. The molecule has 0 aliphatic carbocycles. The molecule has 0 aromatic heterocycles. The Hall–Kier alpha value is -1.66. The quantitative estimate of drug-likeness (QED) is 0.664. The summed E-state index contributed by atoms with van der Waals surface area (Å²) in [5, 5.41) is 16.7. The lowest BCUT2D eigenvalue weighted by Gasteiger charge is -2.38. The van der Waals surface area contributed by atoms with Crippen LogP contribution in [0.25, 0.3) is 0 Å². The summed E-state index contributed by atoms with van der Waals surface area (Å²) in [5.74, 6) is -0.149. The summed E-state index contributed by atoms with van der Waals surface area (Å²) in [5.41, 5.74) is 0.150. The average molecular weight is 312 g/mol. The molecule has 1 amide bonds. The minimum Gasteiger partial charge on any atom is -0.325 e. The fraction of sp³-hybridized carbons (Fsp3) is 0.500. The van der Waals surface area contributed by atoms with Gasteiger partial charge in [0.15, 0.2) is 0 Å². The molecule has 6 nitrogen and oxygen atoms in total. The second-order valence-corrected chi connectivity index (χ2v) is 6.30. The number of carbonyl (C=O) groups is 1. The largest absolute Gasteiger partial charge is 0.325 e. The van der Waals surface area contributed by atoms with Crippen molar-refractivity contribution in [2.75, 3.05) is 11.9 Å². The minimum atomic E-state index is -0.556. The molecule has 2 N–H and O–H groups in total. The maximum atomic E-state index is 12.4. The van der Waals surface area contributed by atoms with E-state index in [1.807, 2.05) is 13.8 Å². The van der Waals surface area contributed by atoms with Crippen molar-refractivity contribution in [2.45, 2.75) is 32.7 Å². The topological polar surface area (TPSA) is 84.3 Å². The number of benzene rings is 1. The molecule has 114 valence electrons. The number of carbonyl (C=O) groups excluding carboxylic acids is 1. The van der Waals surface area contributed by atoms with Crippen LogP contribution < -0.4 is 10.6 Å². The molecule has 1 aliphatic heterocycles. The molecule has 1 fully saturated rings. The Labute approximate surface area is 128 Å². The van der Waals surface area contributed by atoms with E-state index in [1.165, 1.54) is 18.2 Å². The number of nitrogens with zero attached hydrogens (tertiary/aromatic N) is 1. The van der Waals surface area contributed by atoms with Crippen LogP contribution in [-0.2, 0) is 4.79 Å². The molecule has 0 bridgehead atoms. The van der Waals surface area contributed by atoms with E-state index in [2.05, 4.69) is 10.6 Å². The summed E-state index contributed by atoms with van der Waals surface area (Å²) in [4.78, 5) is 22.5. The Morgan fingerprint density at radius 1 is 1.52 bits per heavy atom. The Bertz CT molecular complexity index is 575. The van der Waals surface area contributed by atoms with Gasteiger partial charge < -0.3 is 10.6 Å². The van der Waals surface area contributed by atoms with Crippen molar-refractivity contribution in [3.63, 3.8) is 0 Å². The van der Waals surface area contributed by atoms with E-state index in [0.717, 1.165) is 19.4 Å². The summed E-state index contributed by atoms with van der Waals surface area (Å²) in [6.45, 7) is 4.90. The highest BCUT2D eigenvalue weighted by Gasteiger charge is 2.37. The standard InChI is InChI=1S/C14H18ClN3O3/c1-14(2)6-3-7-16-12(14)13(19)17-9-4-5-11(18(20)21)10(15)8-9/h4-5,8,12,16H,3,6-7H2,1-2H3,(H,17,19). The minimum absolute atomic E-state index is 0.00802. The zero-order valence-electron chi connectivity index (χ0n) is 12.0. The molecular formula is C14H18ClN3O3. The SMILES string of the molecule is CC1(C)CCCNC1C(=O)Nc1ccc([N+](=O)[O-])c(Cl)c1. The van der Waals surface area contributed by atoms with E-state index < -0.39 is 4.92 Å². The molecule has 21 heavy (non-hydrogen) atoms. The van der Waals surface area contributed by atoms with Crippen molar-refractivity contribution >= 4 is 28.9 Å². The van der Waals surface area contributed by atoms with Crippen LogP contribution in [-0.4, -0.2) is 23.4 Å². The van der Waals surface area contributed by atoms with Gasteiger partial charge in [0, 0.05) is 11.8 Å². The number of hydrogen-bond acceptors (Lipinski definition) is 4. The molecule has 0 radical (unpaired) electrons. The number of anilines is 1. The van der Waals surface area contributed by atoms with E-state index in [4.69, 9.17) is 11.6 Å². The molecule has 2 rings (SSSR count).